The third kappa shape index (κ3) is 3.08. The van der Waals surface area contributed by atoms with E-state index in [0.29, 0.717) is 13.2 Å². The van der Waals surface area contributed by atoms with Crippen LogP contribution in [0.25, 0.3) is 5.52 Å². The van der Waals surface area contributed by atoms with Crippen LogP contribution in [0.5, 0.6) is 0 Å². The largest absolute Gasteiger partial charge is 0.461 e. The highest BCUT2D eigenvalue weighted by Gasteiger charge is 2.17. The van der Waals surface area contributed by atoms with Crippen LogP contribution in [-0.4, -0.2) is 44.0 Å². The third-order valence-electron chi connectivity index (χ3n) is 3.57. The molecular formula is C16H20N6O2. The van der Waals surface area contributed by atoms with Gasteiger partial charge in [-0.15, -0.1) is 0 Å². The van der Waals surface area contributed by atoms with Crippen LogP contribution in [0.3, 0.4) is 0 Å². The van der Waals surface area contributed by atoms with Gasteiger partial charge < -0.3 is 9.64 Å². The van der Waals surface area contributed by atoms with E-state index in [1.165, 1.54) is 0 Å². The maximum atomic E-state index is 11.9. The molecule has 0 spiro atoms. The Bertz CT molecular complexity index is 882. The number of fused-ring (bicyclic) bond motifs is 1. The summed E-state index contributed by atoms with van der Waals surface area (Å²) >= 11 is 0. The van der Waals surface area contributed by atoms with Gasteiger partial charge in [0.1, 0.15) is 5.52 Å². The molecule has 0 aliphatic heterocycles. The Morgan fingerprint density at radius 2 is 2.17 bits per heavy atom. The summed E-state index contributed by atoms with van der Waals surface area (Å²) in [5, 5.41) is 8.69. The Labute approximate surface area is 139 Å². The monoisotopic (exact) mass is 328 g/mol. The van der Waals surface area contributed by atoms with Crippen molar-refractivity contribution in [3.8, 4) is 0 Å². The van der Waals surface area contributed by atoms with Gasteiger partial charge in [0.25, 0.3) is 0 Å². The number of aryl methyl sites for hydroxylation is 2. The second kappa shape index (κ2) is 6.31. The van der Waals surface area contributed by atoms with Crippen LogP contribution in [0.15, 0.2) is 24.5 Å². The second-order valence-corrected chi connectivity index (χ2v) is 5.62. The lowest BCUT2D eigenvalue weighted by atomic mass is 10.3. The molecule has 0 radical (unpaired) electrons. The first-order chi connectivity index (χ1) is 11.5. The Kier molecular flexibility index (Phi) is 4.20. The normalized spacial score (nSPS) is 11.0. The molecule has 0 amide bonds. The number of nitrogens with zero attached hydrogens (tertiary/aromatic N) is 6. The van der Waals surface area contributed by atoms with Gasteiger partial charge >= 0.3 is 5.97 Å². The molecule has 0 unspecified atom stereocenters. The number of hydrogen-bond acceptors (Lipinski definition) is 6. The van der Waals surface area contributed by atoms with E-state index in [1.54, 1.807) is 28.4 Å². The Hall–Kier alpha value is -2.90. The maximum absolute atomic E-state index is 11.9. The number of carbonyl (C=O) groups is 1. The van der Waals surface area contributed by atoms with Crippen molar-refractivity contribution < 1.29 is 9.53 Å². The lowest BCUT2D eigenvalue weighted by molar-refractivity contribution is 0.0519. The Morgan fingerprint density at radius 1 is 1.38 bits per heavy atom. The van der Waals surface area contributed by atoms with Crippen molar-refractivity contribution in [1.82, 2.24) is 24.4 Å². The van der Waals surface area contributed by atoms with Crippen LogP contribution in [0.4, 0.5) is 5.82 Å². The average Bonchev–Trinajstić information content (AvgIpc) is 3.12. The molecule has 0 atom stereocenters. The predicted octanol–water partition coefficient (Wildman–Crippen LogP) is 1.58. The summed E-state index contributed by atoms with van der Waals surface area (Å²) < 4.78 is 8.45. The number of rotatable bonds is 5. The highest BCUT2D eigenvalue weighted by molar-refractivity contribution is 5.90. The Morgan fingerprint density at radius 3 is 2.83 bits per heavy atom. The van der Waals surface area contributed by atoms with Crippen molar-refractivity contribution in [2.24, 2.45) is 7.05 Å². The molecular weight excluding hydrogens is 308 g/mol. The molecule has 0 aliphatic rings. The minimum absolute atomic E-state index is 0.275. The van der Waals surface area contributed by atoms with Gasteiger partial charge in [-0.3, -0.25) is 4.68 Å². The zero-order chi connectivity index (χ0) is 17.3. The summed E-state index contributed by atoms with van der Waals surface area (Å²) in [5.41, 5.74) is 2.77. The number of aromatic nitrogens is 5. The van der Waals surface area contributed by atoms with Gasteiger partial charge in [0.15, 0.2) is 11.5 Å². The Balaban J connectivity index is 1.98. The van der Waals surface area contributed by atoms with E-state index in [0.717, 1.165) is 22.7 Å². The van der Waals surface area contributed by atoms with Gasteiger partial charge in [-0.05, 0) is 19.9 Å². The van der Waals surface area contributed by atoms with Gasteiger partial charge in [-0.25, -0.2) is 14.3 Å². The van der Waals surface area contributed by atoms with Crippen LogP contribution in [0.1, 0.15) is 28.8 Å². The molecule has 0 N–H and O–H groups in total. The van der Waals surface area contributed by atoms with Gasteiger partial charge in [-0.2, -0.15) is 10.2 Å². The number of esters is 1. The van der Waals surface area contributed by atoms with Crippen LogP contribution < -0.4 is 4.90 Å². The van der Waals surface area contributed by atoms with E-state index in [4.69, 9.17) is 4.74 Å². The van der Waals surface area contributed by atoms with Crippen molar-refractivity contribution in [3.63, 3.8) is 0 Å². The molecule has 3 rings (SSSR count). The topological polar surface area (TPSA) is 77.5 Å². The van der Waals surface area contributed by atoms with E-state index >= 15 is 0 Å². The van der Waals surface area contributed by atoms with E-state index in [2.05, 4.69) is 15.2 Å². The summed E-state index contributed by atoms with van der Waals surface area (Å²) in [4.78, 5) is 18.5. The standard InChI is InChI=1S/C16H20N6O2/c1-5-24-16(23)13-8-14-15(17-11(2)9-22(14)19-13)20(3)10-12-6-7-21(4)18-12/h6-9H,5,10H2,1-4H3. The summed E-state index contributed by atoms with van der Waals surface area (Å²) in [7, 11) is 3.82. The van der Waals surface area contributed by atoms with Crippen molar-refractivity contribution in [2.75, 3.05) is 18.6 Å². The first-order valence-electron chi connectivity index (χ1n) is 7.71. The summed E-state index contributed by atoms with van der Waals surface area (Å²) in [6.45, 7) is 4.58. The fourth-order valence-corrected chi connectivity index (χ4v) is 2.54. The highest BCUT2D eigenvalue weighted by Crippen LogP contribution is 2.21. The van der Waals surface area contributed by atoms with Gasteiger partial charge in [0.05, 0.1) is 30.7 Å². The van der Waals surface area contributed by atoms with E-state index in [-0.39, 0.29) is 5.69 Å². The fourth-order valence-electron chi connectivity index (χ4n) is 2.54. The van der Waals surface area contributed by atoms with Crippen molar-refractivity contribution >= 4 is 17.3 Å². The summed E-state index contributed by atoms with van der Waals surface area (Å²) in [6.07, 6.45) is 3.69. The lowest BCUT2D eigenvalue weighted by Gasteiger charge is -2.18. The molecule has 0 aromatic carbocycles. The van der Waals surface area contributed by atoms with E-state index < -0.39 is 5.97 Å². The first-order valence-corrected chi connectivity index (χ1v) is 7.71. The van der Waals surface area contributed by atoms with Gasteiger partial charge in [-0.1, -0.05) is 0 Å². The predicted molar refractivity (Wildman–Crippen MR) is 89.0 cm³/mol. The van der Waals surface area contributed by atoms with Gasteiger partial charge in [0.2, 0.25) is 0 Å². The van der Waals surface area contributed by atoms with Crippen LogP contribution in [0.2, 0.25) is 0 Å². The number of carbonyl (C=O) groups excluding carboxylic acids is 1. The molecule has 3 heterocycles. The van der Waals surface area contributed by atoms with Crippen molar-refractivity contribution in [2.45, 2.75) is 20.4 Å². The average molecular weight is 328 g/mol. The highest BCUT2D eigenvalue weighted by atomic mass is 16.5. The summed E-state index contributed by atoms with van der Waals surface area (Å²) in [6, 6.07) is 3.67. The maximum Gasteiger partial charge on any atom is 0.358 e. The number of ether oxygens (including phenoxy) is 1. The van der Waals surface area contributed by atoms with Crippen LogP contribution in [0, 0.1) is 6.92 Å². The number of anilines is 1. The summed E-state index contributed by atoms with van der Waals surface area (Å²) in [5.74, 6) is 0.306. The minimum Gasteiger partial charge on any atom is -0.461 e. The van der Waals surface area contributed by atoms with Crippen LogP contribution in [-0.2, 0) is 18.3 Å². The molecule has 0 saturated carbocycles. The van der Waals surface area contributed by atoms with Crippen molar-refractivity contribution in [1.29, 1.82) is 0 Å². The molecule has 8 heteroatoms. The lowest BCUT2D eigenvalue weighted by Crippen LogP contribution is -2.19. The quantitative estimate of drug-likeness (QED) is 0.662. The third-order valence-corrected chi connectivity index (χ3v) is 3.57. The zero-order valence-electron chi connectivity index (χ0n) is 14.2. The molecule has 3 aromatic heterocycles. The molecule has 0 fully saturated rings. The molecule has 0 saturated heterocycles. The number of hydrogen-bond donors (Lipinski definition) is 0. The smallest absolute Gasteiger partial charge is 0.358 e. The van der Waals surface area contributed by atoms with Crippen LogP contribution >= 0.6 is 0 Å². The fraction of sp³-hybridized carbons (Fsp3) is 0.375. The molecule has 0 bridgehead atoms. The van der Waals surface area contributed by atoms with E-state index in [1.807, 2.05) is 38.2 Å². The molecule has 0 aliphatic carbocycles. The molecule has 3 aromatic rings. The van der Waals surface area contributed by atoms with Gasteiger partial charge in [0, 0.05) is 26.4 Å². The molecule has 126 valence electrons. The van der Waals surface area contributed by atoms with Crippen molar-refractivity contribution in [3.05, 3.63) is 41.6 Å². The zero-order valence-corrected chi connectivity index (χ0v) is 14.2. The molecule has 8 nitrogen and oxygen atoms in total. The SMILES string of the molecule is CCOC(=O)c1cc2c(N(C)Cc3ccn(C)n3)nc(C)cn2n1. The second-order valence-electron chi connectivity index (χ2n) is 5.62. The van der Waals surface area contributed by atoms with E-state index in [9.17, 15) is 4.79 Å². The molecule has 24 heavy (non-hydrogen) atoms. The minimum atomic E-state index is -0.433. The first kappa shape index (κ1) is 16.0.